The summed E-state index contributed by atoms with van der Waals surface area (Å²) in [6.07, 6.45) is -0.823. The molecule has 0 bridgehead atoms. The van der Waals surface area contributed by atoms with Crippen LogP contribution in [0.25, 0.3) is 0 Å². The molecule has 1 aromatic carbocycles. The summed E-state index contributed by atoms with van der Waals surface area (Å²) in [5, 5.41) is 10.8. The number of carbonyl (C=O) groups is 1. The van der Waals surface area contributed by atoms with E-state index in [0.717, 1.165) is 5.56 Å². The molecule has 0 heterocycles. The number of aryl methyl sites for hydroxylation is 2. The molecule has 1 rings (SSSR count). The van der Waals surface area contributed by atoms with Gasteiger partial charge in [-0.3, -0.25) is 20.3 Å². The zero-order valence-corrected chi connectivity index (χ0v) is 10.4. The number of ether oxygens (including phenoxy) is 1. The molecule has 1 unspecified atom stereocenters. The summed E-state index contributed by atoms with van der Waals surface area (Å²) < 4.78 is 5.35. The molecule has 0 aliphatic carbocycles. The van der Waals surface area contributed by atoms with Gasteiger partial charge in [-0.1, -0.05) is 0 Å². The Balaban J connectivity index is 3.06. The zero-order valence-electron chi connectivity index (χ0n) is 10.4. The van der Waals surface area contributed by atoms with Crippen LogP contribution < -0.4 is 16.0 Å². The molecule has 0 radical (unpaired) electrons. The fraction of sp³-hybridized carbons (Fsp3) is 0.364. The number of hydrogen-bond acceptors (Lipinski definition) is 5. The molecule has 1 atom stereocenters. The van der Waals surface area contributed by atoms with Gasteiger partial charge in [-0.05, 0) is 32.4 Å². The predicted octanol–water partition coefficient (Wildman–Crippen LogP) is 0.969. The molecule has 1 amide bonds. The number of nitrogens with two attached hydrogens (primary N) is 1. The second kappa shape index (κ2) is 5.46. The van der Waals surface area contributed by atoms with Gasteiger partial charge in [-0.15, -0.1) is 0 Å². The number of hydrogen-bond donors (Lipinski definition) is 2. The van der Waals surface area contributed by atoms with Crippen molar-refractivity contribution in [1.29, 1.82) is 0 Å². The average molecular weight is 253 g/mol. The summed E-state index contributed by atoms with van der Waals surface area (Å²) in [5.41, 5.74) is 3.17. The largest absolute Gasteiger partial charge is 0.480 e. The highest BCUT2D eigenvalue weighted by Crippen LogP contribution is 2.28. The normalized spacial score (nSPS) is 11.8. The van der Waals surface area contributed by atoms with Gasteiger partial charge < -0.3 is 4.74 Å². The summed E-state index contributed by atoms with van der Waals surface area (Å²) >= 11 is 0. The van der Waals surface area contributed by atoms with Crippen LogP contribution in [0.1, 0.15) is 18.1 Å². The molecule has 0 aliphatic heterocycles. The number of nitrogens with zero attached hydrogens (tertiary/aromatic N) is 1. The van der Waals surface area contributed by atoms with E-state index in [0.29, 0.717) is 11.3 Å². The highest BCUT2D eigenvalue weighted by Gasteiger charge is 2.18. The van der Waals surface area contributed by atoms with Gasteiger partial charge >= 0.3 is 0 Å². The van der Waals surface area contributed by atoms with Crippen LogP contribution in [0.2, 0.25) is 0 Å². The van der Waals surface area contributed by atoms with Crippen molar-refractivity contribution in [2.24, 2.45) is 5.84 Å². The van der Waals surface area contributed by atoms with E-state index in [-0.39, 0.29) is 5.69 Å². The monoisotopic (exact) mass is 253 g/mol. The summed E-state index contributed by atoms with van der Waals surface area (Å²) in [5.74, 6) is 4.77. The first-order valence-electron chi connectivity index (χ1n) is 5.29. The lowest BCUT2D eigenvalue weighted by Gasteiger charge is -2.15. The molecule has 0 aromatic heterocycles. The third kappa shape index (κ3) is 2.95. The Kier molecular flexibility index (Phi) is 4.22. The summed E-state index contributed by atoms with van der Waals surface area (Å²) in [4.78, 5) is 21.5. The van der Waals surface area contributed by atoms with Crippen LogP contribution in [0.4, 0.5) is 5.69 Å². The highest BCUT2D eigenvalue weighted by atomic mass is 16.6. The number of hydrazine groups is 1. The maximum Gasteiger partial charge on any atom is 0.276 e. The Bertz CT molecular complexity index is 487. The van der Waals surface area contributed by atoms with Crippen molar-refractivity contribution in [2.45, 2.75) is 26.9 Å². The first-order valence-corrected chi connectivity index (χ1v) is 5.29. The molecule has 7 heteroatoms. The average Bonchev–Trinajstić information content (AvgIpc) is 2.30. The van der Waals surface area contributed by atoms with E-state index in [1.165, 1.54) is 13.0 Å². The lowest BCUT2D eigenvalue weighted by molar-refractivity contribution is -0.385. The molecule has 3 N–H and O–H groups in total. The maximum atomic E-state index is 11.2. The van der Waals surface area contributed by atoms with Crippen molar-refractivity contribution in [2.75, 3.05) is 0 Å². The second-order valence-electron chi connectivity index (χ2n) is 3.93. The smallest absolute Gasteiger partial charge is 0.276 e. The maximum absolute atomic E-state index is 11.2. The highest BCUT2D eigenvalue weighted by molar-refractivity contribution is 5.80. The third-order valence-electron chi connectivity index (χ3n) is 2.51. The molecule has 1 aromatic rings. The minimum Gasteiger partial charge on any atom is -0.480 e. The Hall–Kier alpha value is -2.15. The standard InChI is InChI=1S/C11H15N3O4/c1-6-4-7(2)10(5-9(6)14(16)17)18-8(3)11(15)13-12/h4-5,8H,12H2,1-3H3,(H,13,15). The van der Waals surface area contributed by atoms with Gasteiger partial charge in [-0.2, -0.15) is 0 Å². The number of carbonyl (C=O) groups excluding carboxylic acids is 1. The van der Waals surface area contributed by atoms with Crippen molar-refractivity contribution in [1.82, 2.24) is 5.43 Å². The van der Waals surface area contributed by atoms with Crippen LogP contribution in [0.5, 0.6) is 5.75 Å². The SMILES string of the molecule is Cc1cc(C)c([N+](=O)[O-])cc1OC(C)C(=O)NN. The number of nitro groups is 1. The Morgan fingerprint density at radius 1 is 1.44 bits per heavy atom. The van der Waals surface area contributed by atoms with Crippen LogP contribution in [-0.2, 0) is 4.79 Å². The van der Waals surface area contributed by atoms with E-state index in [1.54, 1.807) is 19.9 Å². The molecule has 18 heavy (non-hydrogen) atoms. The van der Waals surface area contributed by atoms with Gasteiger partial charge in [0.05, 0.1) is 11.0 Å². The number of nitrogens with one attached hydrogen (secondary N) is 1. The Morgan fingerprint density at radius 3 is 2.56 bits per heavy atom. The van der Waals surface area contributed by atoms with Crippen molar-refractivity contribution in [3.05, 3.63) is 33.4 Å². The number of nitro benzene ring substituents is 1. The van der Waals surface area contributed by atoms with Crippen LogP contribution in [-0.4, -0.2) is 16.9 Å². The van der Waals surface area contributed by atoms with Gasteiger partial charge in [0.1, 0.15) is 5.75 Å². The van der Waals surface area contributed by atoms with E-state index in [2.05, 4.69) is 0 Å². The van der Waals surface area contributed by atoms with Gasteiger partial charge in [0.25, 0.3) is 11.6 Å². The molecule has 0 aliphatic rings. The van der Waals surface area contributed by atoms with Crippen molar-refractivity contribution in [3.63, 3.8) is 0 Å². The van der Waals surface area contributed by atoms with E-state index < -0.39 is 16.9 Å². The molecule has 98 valence electrons. The summed E-state index contributed by atoms with van der Waals surface area (Å²) in [7, 11) is 0. The van der Waals surface area contributed by atoms with Crippen molar-refractivity contribution >= 4 is 11.6 Å². The molecule has 0 saturated carbocycles. The number of amides is 1. The summed E-state index contributed by atoms with van der Waals surface area (Å²) in [6, 6.07) is 2.95. The number of rotatable bonds is 4. The van der Waals surface area contributed by atoms with E-state index >= 15 is 0 Å². The molecule has 0 saturated heterocycles. The fourth-order valence-electron chi connectivity index (χ4n) is 1.51. The van der Waals surface area contributed by atoms with E-state index in [9.17, 15) is 14.9 Å². The topological polar surface area (TPSA) is 107 Å². The minimum absolute atomic E-state index is 0.0454. The second-order valence-corrected chi connectivity index (χ2v) is 3.93. The minimum atomic E-state index is -0.823. The lowest BCUT2D eigenvalue weighted by Crippen LogP contribution is -2.40. The van der Waals surface area contributed by atoms with Crippen LogP contribution >= 0.6 is 0 Å². The van der Waals surface area contributed by atoms with Crippen molar-refractivity contribution < 1.29 is 14.5 Å². The quantitative estimate of drug-likeness (QED) is 0.360. The first-order chi connectivity index (χ1) is 8.36. The Labute approximate surface area is 104 Å². The fourth-order valence-corrected chi connectivity index (χ4v) is 1.51. The van der Waals surface area contributed by atoms with E-state index in [4.69, 9.17) is 10.6 Å². The van der Waals surface area contributed by atoms with Gasteiger partial charge in [0, 0.05) is 5.56 Å². The first kappa shape index (κ1) is 13.9. The molecule has 0 spiro atoms. The third-order valence-corrected chi connectivity index (χ3v) is 2.51. The predicted molar refractivity (Wildman–Crippen MR) is 65.0 cm³/mol. The van der Waals surface area contributed by atoms with Gasteiger partial charge in [0.15, 0.2) is 6.10 Å². The molecular formula is C11H15N3O4. The summed E-state index contributed by atoms with van der Waals surface area (Å²) in [6.45, 7) is 4.90. The lowest BCUT2D eigenvalue weighted by atomic mass is 10.1. The van der Waals surface area contributed by atoms with Crippen LogP contribution in [0.15, 0.2) is 12.1 Å². The van der Waals surface area contributed by atoms with Gasteiger partial charge in [-0.25, -0.2) is 5.84 Å². The van der Waals surface area contributed by atoms with Crippen LogP contribution in [0.3, 0.4) is 0 Å². The zero-order chi connectivity index (χ0) is 13.9. The molecule has 0 fully saturated rings. The van der Waals surface area contributed by atoms with E-state index in [1.807, 2.05) is 5.43 Å². The molecular weight excluding hydrogens is 238 g/mol. The van der Waals surface area contributed by atoms with Gasteiger partial charge in [0.2, 0.25) is 0 Å². The van der Waals surface area contributed by atoms with Crippen molar-refractivity contribution in [3.8, 4) is 5.75 Å². The Morgan fingerprint density at radius 2 is 2.06 bits per heavy atom. The molecule has 7 nitrogen and oxygen atoms in total. The number of benzene rings is 1. The van der Waals surface area contributed by atoms with Crippen LogP contribution in [0, 0.1) is 24.0 Å².